The quantitative estimate of drug-likeness (QED) is 0.494. The van der Waals surface area contributed by atoms with Gasteiger partial charge in [-0.3, -0.25) is 10.1 Å². The van der Waals surface area contributed by atoms with Crippen LogP contribution in [-0.4, -0.2) is 21.6 Å². The fraction of sp³-hybridized carbons (Fsp3) is 0.273. The predicted molar refractivity (Wildman–Crippen MR) is 67.8 cm³/mol. The maximum absolute atomic E-state index is 10.9. The minimum absolute atomic E-state index is 0.0135. The Morgan fingerprint density at radius 1 is 1.47 bits per heavy atom. The first-order valence-corrected chi connectivity index (χ1v) is 5.93. The lowest BCUT2D eigenvalue weighted by molar-refractivity contribution is -0.385. The molecule has 0 aliphatic rings. The molecule has 0 fully saturated rings. The predicted octanol–water partition coefficient (Wildman–Crippen LogP) is 1.96. The zero-order valence-corrected chi connectivity index (χ0v) is 10.6. The van der Waals surface area contributed by atoms with Crippen molar-refractivity contribution in [1.82, 2.24) is 15.5 Å². The highest BCUT2D eigenvalue weighted by atomic mass is 35.5. The standard InChI is InChI=1S/C11H11ClN4O3/c12-9-2-1-8(10(5-9)16(17)18)6-13-4-3-11-14-7-19-15-11/h1-2,5,7,13H,3-4,6H2. The lowest BCUT2D eigenvalue weighted by atomic mass is 10.2. The van der Waals surface area contributed by atoms with E-state index in [4.69, 9.17) is 11.6 Å². The second-order valence-corrected chi connectivity index (χ2v) is 4.24. The zero-order chi connectivity index (χ0) is 13.7. The average molecular weight is 283 g/mol. The van der Waals surface area contributed by atoms with E-state index in [-0.39, 0.29) is 5.69 Å². The molecule has 8 heteroatoms. The molecule has 1 N–H and O–H groups in total. The molecule has 0 amide bonds. The number of hydrogen-bond acceptors (Lipinski definition) is 6. The number of nitro benzene ring substituents is 1. The van der Waals surface area contributed by atoms with Gasteiger partial charge in [0.1, 0.15) is 0 Å². The summed E-state index contributed by atoms with van der Waals surface area (Å²) in [5.74, 6) is 0.595. The lowest BCUT2D eigenvalue weighted by Gasteiger charge is -2.04. The smallest absolute Gasteiger partial charge is 0.275 e. The van der Waals surface area contributed by atoms with Crippen LogP contribution in [0.3, 0.4) is 0 Å². The summed E-state index contributed by atoms with van der Waals surface area (Å²) in [4.78, 5) is 14.3. The molecule has 0 aliphatic heterocycles. The van der Waals surface area contributed by atoms with E-state index in [1.165, 1.54) is 12.5 Å². The molecule has 1 aromatic heterocycles. The van der Waals surface area contributed by atoms with Crippen molar-refractivity contribution in [3.63, 3.8) is 0 Å². The van der Waals surface area contributed by atoms with Crippen LogP contribution in [-0.2, 0) is 13.0 Å². The third-order valence-corrected chi connectivity index (χ3v) is 2.73. The fourth-order valence-electron chi connectivity index (χ4n) is 1.58. The summed E-state index contributed by atoms with van der Waals surface area (Å²) >= 11 is 5.74. The fourth-order valence-corrected chi connectivity index (χ4v) is 1.75. The number of halogens is 1. The van der Waals surface area contributed by atoms with Gasteiger partial charge in [-0.25, -0.2) is 0 Å². The van der Waals surface area contributed by atoms with Crippen molar-refractivity contribution in [2.24, 2.45) is 0 Å². The second kappa shape index (κ2) is 6.26. The summed E-state index contributed by atoms with van der Waals surface area (Å²) in [6.07, 6.45) is 1.86. The van der Waals surface area contributed by atoms with Gasteiger partial charge in [0.25, 0.3) is 5.69 Å². The van der Waals surface area contributed by atoms with Gasteiger partial charge >= 0.3 is 0 Å². The third kappa shape index (κ3) is 3.73. The minimum Gasteiger partial charge on any atom is -0.343 e. The molecular weight excluding hydrogens is 272 g/mol. The maximum Gasteiger partial charge on any atom is 0.275 e. The highest BCUT2D eigenvalue weighted by Gasteiger charge is 2.13. The number of nitrogens with zero attached hydrogens (tertiary/aromatic N) is 3. The Hall–Kier alpha value is -1.99. The number of aromatic nitrogens is 2. The maximum atomic E-state index is 10.9. The van der Waals surface area contributed by atoms with Gasteiger partial charge in [-0.2, -0.15) is 4.98 Å². The largest absolute Gasteiger partial charge is 0.343 e. The van der Waals surface area contributed by atoms with Crippen LogP contribution in [0.1, 0.15) is 11.4 Å². The van der Waals surface area contributed by atoms with Crippen LogP contribution in [0.15, 0.2) is 29.1 Å². The molecule has 0 unspecified atom stereocenters. The molecule has 1 aromatic carbocycles. The normalized spacial score (nSPS) is 10.6. The van der Waals surface area contributed by atoms with Gasteiger partial charge in [-0.1, -0.05) is 16.8 Å². The molecule has 0 saturated carbocycles. The minimum atomic E-state index is -0.442. The van der Waals surface area contributed by atoms with Crippen molar-refractivity contribution in [3.05, 3.63) is 51.1 Å². The van der Waals surface area contributed by atoms with Crippen molar-refractivity contribution in [1.29, 1.82) is 0 Å². The summed E-state index contributed by atoms with van der Waals surface area (Å²) < 4.78 is 4.60. The van der Waals surface area contributed by atoms with Gasteiger partial charge in [0.15, 0.2) is 5.82 Å². The van der Waals surface area contributed by atoms with E-state index in [9.17, 15) is 10.1 Å². The van der Waals surface area contributed by atoms with Gasteiger partial charge in [-0.05, 0) is 12.1 Å². The molecule has 7 nitrogen and oxygen atoms in total. The molecule has 0 spiro atoms. The molecular formula is C11H11ClN4O3. The topological polar surface area (TPSA) is 94.1 Å². The Bertz CT molecular complexity index is 559. The second-order valence-electron chi connectivity index (χ2n) is 3.80. The molecule has 0 bridgehead atoms. The Kier molecular flexibility index (Phi) is 4.43. The molecule has 2 rings (SSSR count). The first-order valence-electron chi connectivity index (χ1n) is 5.55. The van der Waals surface area contributed by atoms with E-state index >= 15 is 0 Å². The monoisotopic (exact) mass is 282 g/mol. The van der Waals surface area contributed by atoms with E-state index in [1.807, 2.05) is 0 Å². The Labute approximate surface area is 113 Å². The summed E-state index contributed by atoms with van der Waals surface area (Å²) in [7, 11) is 0. The molecule has 0 saturated heterocycles. The Morgan fingerprint density at radius 2 is 2.32 bits per heavy atom. The van der Waals surface area contributed by atoms with Gasteiger partial charge in [-0.15, -0.1) is 0 Å². The van der Waals surface area contributed by atoms with E-state index < -0.39 is 4.92 Å². The molecule has 19 heavy (non-hydrogen) atoms. The zero-order valence-electron chi connectivity index (χ0n) is 9.88. The molecule has 100 valence electrons. The number of benzene rings is 1. The van der Waals surface area contributed by atoms with Crippen LogP contribution >= 0.6 is 11.6 Å². The Morgan fingerprint density at radius 3 is 3.00 bits per heavy atom. The average Bonchev–Trinajstić information content (AvgIpc) is 2.89. The van der Waals surface area contributed by atoms with Crippen molar-refractivity contribution < 1.29 is 9.45 Å². The van der Waals surface area contributed by atoms with Crippen molar-refractivity contribution in [2.75, 3.05) is 6.54 Å². The van der Waals surface area contributed by atoms with E-state index in [2.05, 4.69) is 20.0 Å². The highest BCUT2D eigenvalue weighted by Crippen LogP contribution is 2.22. The van der Waals surface area contributed by atoms with E-state index in [0.717, 1.165) is 0 Å². The van der Waals surface area contributed by atoms with Gasteiger partial charge in [0, 0.05) is 36.2 Å². The van der Waals surface area contributed by atoms with Crippen LogP contribution in [0.4, 0.5) is 5.69 Å². The molecule has 2 aromatic rings. The summed E-state index contributed by atoms with van der Waals surface area (Å²) in [5.41, 5.74) is 0.599. The molecule has 0 radical (unpaired) electrons. The number of hydrogen-bond donors (Lipinski definition) is 1. The third-order valence-electron chi connectivity index (χ3n) is 2.49. The SMILES string of the molecule is O=[N+]([O-])c1cc(Cl)ccc1CNCCc1ncon1. The summed E-state index contributed by atoms with van der Waals surface area (Å²) in [5, 5.41) is 18.0. The first kappa shape index (κ1) is 13.4. The number of nitrogens with one attached hydrogen (secondary N) is 1. The Balaban J connectivity index is 1.90. The number of nitro groups is 1. The van der Waals surface area contributed by atoms with Crippen LogP contribution in [0.2, 0.25) is 5.02 Å². The number of rotatable bonds is 6. The van der Waals surface area contributed by atoms with Crippen molar-refractivity contribution in [3.8, 4) is 0 Å². The van der Waals surface area contributed by atoms with Crippen LogP contribution < -0.4 is 5.32 Å². The van der Waals surface area contributed by atoms with Gasteiger partial charge < -0.3 is 9.84 Å². The molecule has 1 heterocycles. The van der Waals surface area contributed by atoms with Gasteiger partial charge in [0.2, 0.25) is 6.39 Å². The van der Waals surface area contributed by atoms with Crippen LogP contribution in [0, 0.1) is 10.1 Å². The molecule has 0 aliphatic carbocycles. The van der Waals surface area contributed by atoms with Crippen LogP contribution in [0.25, 0.3) is 0 Å². The summed E-state index contributed by atoms with van der Waals surface area (Å²) in [6, 6.07) is 4.62. The highest BCUT2D eigenvalue weighted by molar-refractivity contribution is 6.30. The van der Waals surface area contributed by atoms with E-state index in [0.29, 0.717) is 35.9 Å². The van der Waals surface area contributed by atoms with Crippen molar-refractivity contribution in [2.45, 2.75) is 13.0 Å². The first-order chi connectivity index (χ1) is 9.16. The molecule has 0 atom stereocenters. The summed E-state index contributed by atoms with van der Waals surface area (Å²) in [6.45, 7) is 0.977. The van der Waals surface area contributed by atoms with Crippen molar-refractivity contribution >= 4 is 17.3 Å². The van der Waals surface area contributed by atoms with Gasteiger partial charge in [0.05, 0.1) is 4.92 Å². The lowest BCUT2D eigenvalue weighted by Crippen LogP contribution is -2.17. The van der Waals surface area contributed by atoms with E-state index in [1.54, 1.807) is 12.1 Å². The van der Waals surface area contributed by atoms with Crippen LogP contribution in [0.5, 0.6) is 0 Å².